The van der Waals surface area contributed by atoms with E-state index in [1.807, 2.05) is 34.9 Å². The molecule has 154 valence electrons. The summed E-state index contributed by atoms with van der Waals surface area (Å²) in [4.78, 5) is 36.4. The van der Waals surface area contributed by atoms with E-state index in [-0.39, 0.29) is 17.9 Å². The molecule has 30 heavy (non-hydrogen) atoms. The number of carbonyl (C=O) groups is 2. The van der Waals surface area contributed by atoms with Crippen molar-refractivity contribution in [1.29, 1.82) is 0 Å². The van der Waals surface area contributed by atoms with Crippen molar-refractivity contribution in [3.8, 4) is 0 Å². The highest BCUT2D eigenvalue weighted by molar-refractivity contribution is 6.00. The first kappa shape index (κ1) is 18.8. The summed E-state index contributed by atoms with van der Waals surface area (Å²) in [5, 5.41) is 3.15. The first-order valence-electron chi connectivity index (χ1n) is 10.7. The quantitative estimate of drug-likeness (QED) is 0.726. The van der Waals surface area contributed by atoms with Crippen LogP contribution in [-0.2, 0) is 13.1 Å². The lowest BCUT2D eigenvalue weighted by molar-refractivity contribution is 0.0682. The van der Waals surface area contributed by atoms with Crippen molar-refractivity contribution < 1.29 is 9.59 Å². The number of hydrogen-bond donors (Lipinski definition) is 1. The second kappa shape index (κ2) is 7.89. The number of pyridine rings is 1. The molecule has 2 aliphatic rings. The smallest absolute Gasteiger partial charge is 0.290 e. The first-order valence-corrected chi connectivity index (χ1v) is 10.7. The summed E-state index contributed by atoms with van der Waals surface area (Å²) in [7, 11) is 0. The van der Waals surface area contributed by atoms with E-state index in [0.717, 1.165) is 24.1 Å². The standard InChI is InChI=1S/C23H25N5O2/c29-22(25-17-6-2-1-3-7-17)16-9-10-20-19(14-16)26-21-23(30)27(12-13-28(20)21)15-18-8-4-5-11-24-18/h4-5,8-11,14,17H,1-3,6-7,12-13,15H2,(H,25,29). The molecule has 3 aromatic rings. The Morgan fingerprint density at radius 3 is 2.77 bits per heavy atom. The monoisotopic (exact) mass is 403 g/mol. The Morgan fingerprint density at radius 2 is 1.97 bits per heavy atom. The summed E-state index contributed by atoms with van der Waals surface area (Å²) < 4.78 is 1.95. The van der Waals surface area contributed by atoms with Gasteiger partial charge in [0.15, 0.2) is 5.82 Å². The summed E-state index contributed by atoms with van der Waals surface area (Å²) in [5.41, 5.74) is 3.04. The van der Waals surface area contributed by atoms with Gasteiger partial charge in [-0.3, -0.25) is 14.6 Å². The maximum absolute atomic E-state index is 13.0. The van der Waals surface area contributed by atoms with Crippen LogP contribution in [0.2, 0.25) is 0 Å². The normalized spacial score (nSPS) is 17.2. The predicted molar refractivity (Wildman–Crippen MR) is 113 cm³/mol. The van der Waals surface area contributed by atoms with E-state index in [0.29, 0.717) is 36.5 Å². The van der Waals surface area contributed by atoms with Gasteiger partial charge in [-0.1, -0.05) is 25.3 Å². The van der Waals surface area contributed by atoms with Gasteiger partial charge in [-0.15, -0.1) is 0 Å². The maximum atomic E-state index is 13.0. The molecule has 0 atom stereocenters. The van der Waals surface area contributed by atoms with Crippen LogP contribution in [-0.4, -0.2) is 43.8 Å². The highest BCUT2D eigenvalue weighted by atomic mass is 16.2. The van der Waals surface area contributed by atoms with Crippen LogP contribution in [0.25, 0.3) is 11.0 Å². The van der Waals surface area contributed by atoms with Gasteiger partial charge in [-0.25, -0.2) is 4.98 Å². The van der Waals surface area contributed by atoms with Crippen LogP contribution < -0.4 is 5.32 Å². The topological polar surface area (TPSA) is 80.1 Å². The first-order chi connectivity index (χ1) is 14.7. The number of rotatable bonds is 4. The lowest BCUT2D eigenvalue weighted by Gasteiger charge is -2.27. The summed E-state index contributed by atoms with van der Waals surface area (Å²) >= 11 is 0. The van der Waals surface area contributed by atoms with E-state index in [9.17, 15) is 9.59 Å². The van der Waals surface area contributed by atoms with E-state index >= 15 is 0 Å². The van der Waals surface area contributed by atoms with Crippen molar-refractivity contribution in [1.82, 2.24) is 24.8 Å². The third-order valence-corrected chi connectivity index (χ3v) is 6.10. The summed E-state index contributed by atoms with van der Waals surface area (Å²) in [6, 6.07) is 11.5. The van der Waals surface area contributed by atoms with Gasteiger partial charge in [0.1, 0.15) is 0 Å². The van der Waals surface area contributed by atoms with Crippen molar-refractivity contribution in [2.24, 2.45) is 0 Å². The van der Waals surface area contributed by atoms with E-state index in [4.69, 9.17) is 0 Å². The van der Waals surface area contributed by atoms with Crippen LogP contribution in [0.5, 0.6) is 0 Å². The lowest BCUT2D eigenvalue weighted by atomic mass is 9.95. The molecule has 1 aliphatic heterocycles. The molecule has 1 N–H and O–H groups in total. The zero-order valence-electron chi connectivity index (χ0n) is 16.9. The molecule has 3 heterocycles. The fraction of sp³-hybridized carbons (Fsp3) is 0.391. The second-order valence-corrected chi connectivity index (χ2v) is 8.15. The SMILES string of the molecule is O=C(NC1CCCCC1)c1ccc2c(c1)nc1n2CCN(Cc2ccccn2)C1=O. The molecule has 1 saturated carbocycles. The molecule has 7 nitrogen and oxygen atoms in total. The van der Waals surface area contributed by atoms with Gasteiger partial charge >= 0.3 is 0 Å². The van der Waals surface area contributed by atoms with Gasteiger partial charge in [-0.05, 0) is 43.2 Å². The molecular weight excluding hydrogens is 378 g/mol. The summed E-state index contributed by atoms with van der Waals surface area (Å²) in [6.45, 7) is 1.76. The maximum Gasteiger partial charge on any atom is 0.290 e. The third-order valence-electron chi connectivity index (χ3n) is 6.10. The van der Waals surface area contributed by atoms with Gasteiger partial charge in [-0.2, -0.15) is 0 Å². The zero-order valence-corrected chi connectivity index (χ0v) is 16.9. The highest BCUT2D eigenvalue weighted by Crippen LogP contribution is 2.23. The number of nitrogens with one attached hydrogen (secondary N) is 1. The van der Waals surface area contributed by atoms with E-state index in [1.165, 1.54) is 19.3 Å². The largest absolute Gasteiger partial charge is 0.349 e. The Balaban J connectivity index is 1.37. The molecule has 0 unspecified atom stereocenters. The predicted octanol–water partition coefficient (Wildman–Crippen LogP) is 3.15. The molecule has 2 amide bonds. The van der Waals surface area contributed by atoms with Crippen LogP contribution in [0.1, 0.15) is 58.8 Å². The van der Waals surface area contributed by atoms with Crippen molar-refractivity contribution in [3.05, 3.63) is 59.7 Å². The number of imidazole rings is 1. The molecule has 5 rings (SSSR count). The molecule has 1 fully saturated rings. The number of hydrogen-bond acceptors (Lipinski definition) is 4. The average Bonchev–Trinajstić information content (AvgIpc) is 3.16. The second-order valence-electron chi connectivity index (χ2n) is 8.15. The van der Waals surface area contributed by atoms with Crippen molar-refractivity contribution in [2.75, 3.05) is 6.54 Å². The molecule has 0 bridgehead atoms. The van der Waals surface area contributed by atoms with Gasteiger partial charge in [0.25, 0.3) is 11.8 Å². The molecule has 0 radical (unpaired) electrons. The Labute approximate surface area is 175 Å². The molecule has 1 aliphatic carbocycles. The Hall–Kier alpha value is -3.22. The number of benzene rings is 1. The minimum absolute atomic E-state index is 0.0575. The lowest BCUT2D eigenvalue weighted by Crippen LogP contribution is -2.40. The average molecular weight is 403 g/mol. The molecule has 0 spiro atoms. The number of amides is 2. The van der Waals surface area contributed by atoms with Gasteiger partial charge in [0, 0.05) is 30.9 Å². The number of fused-ring (bicyclic) bond motifs is 3. The highest BCUT2D eigenvalue weighted by Gasteiger charge is 2.28. The molecule has 2 aromatic heterocycles. The summed E-state index contributed by atoms with van der Waals surface area (Å²) in [5.74, 6) is 0.270. The van der Waals surface area contributed by atoms with Gasteiger partial charge < -0.3 is 14.8 Å². The minimum Gasteiger partial charge on any atom is -0.349 e. The number of aromatic nitrogens is 3. The van der Waals surface area contributed by atoms with E-state index in [1.54, 1.807) is 17.2 Å². The van der Waals surface area contributed by atoms with Crippen molar-refractivity contribution in [3.63, 3.8) is 0 Å². The van der Waals surface area contributed by atoms with E-state index < -0.39 is 0 Å². The van der Waals surface area contributed by atoms with Crippen LogP contribution in [0.4, 0.5) is 0 Å². The van der Waals surface area contributed by atoms with Crippen LogP contribution in [0.3, 0.4) is 0 Å². The number of carbonyl (C=O) groups excluding carboxylic acids is 2. The molecule has 7 heteroatoms. The fourth-order valence-corrected chi connectivity index (χ4v) is 4.48. The van der Waals surface area contributed by atoms with Gasteiger partial charge in [0.05, 0.1) is 23.3 Å². The third kappa shape index (κ3) is 3.56. The van der Waals surface area contributed by atoms with Gasteiger partial charge in [0.2, 0.25) is 0 Å². The Kier molecular flexibility index (Phi) is 4.94. The molecule has 0 saturated heterocycles. The summed E-state index contributed by atoms with van der Waals surface area (Å²) in [6.07, 6.45) is 7.44. The number of nitrogens with zero attached hydrogens (tertiary/aromatic N) is 4. The Morgan fingerprint density at radius 1 is 1.10 bits per heavy atom. The minimum atomic E-state index is -0.101. The fourth-order valence-electron chi connectivity index (χ4n) is 4.48. The van der Waals surface area contributed by atoms with Crippen LogP contribution in [0, 0.1) is 0 Å². The molecular formula is C23H25N5O2. The van der Waals surface area contributed by atoms with Crippen molar-refractivity contribution >= 4 is 22.8 Å². The molecule has 1 aromatic carbocycles. The van der Waals surface area contributed by atoms with Crippen molar-refractivity contribution in [2.45, 2.75) is 51.2 Å². The van der Waals surface area contributed by atoms with Crippen LogP contribution >= 0.6 is 0 Å². The Bertz CT molecular complexity index is 1090. The van der Waals surface area contributed by atoms with E-state index in [2.05, 4.69) is 15.3 Å². The van der Waals surface area contributed by atoms with Crippen LogP contribution in [0.15, 0.2) is 42.6 Å². The zero-order chi connectivity index (χ0) is 20.5.